The molecule has 0 unspecified atom stereocenters. The molecule has 0 aliphatic rings. The minimum Gasteiger partial charge on any atom is -0.0610 e. The normalized spacial score (nSPS) is 12.1. The highest BCUT2D eigenvalue weighted by Gasteiger charge is 2.14. The van der Waals surface area contributed by atoms with Gasteiger partial charge in [-0.05, 0) is 55.9 Å². The van der Waals surface area contributed by atoms with E-state index < -0.39 is 0 Å². The van der Waals surface area contributed by atoms with E-state index in [0.29, 0.717) is 0 Å². The Morgan fingerprint density at radius 3 is 2.18 bits per heavy atom. The number of rotatable bonds is 0. The molecule has 2 heteroatoms. The molecule has 0 saturated heterocycles. The molecule has 0 spiro atoms. The van der Waals surface area contributed by atoms with Gasteiger partial charge in [0.2, 0.25) is 0 Å². The molecule has 0 fully saturated rings. The van der Waals surface area contributed by atoms with Crippen molar-refractivity contribution in [2.24, 2.45) is 0 Å². The summed E-state index contributed by atoms with van der Waals surface area (Å²) in [5.41, 5.74) is 0. The summed E-state index contributed by atoms with van der Waals surface area (Å²) in [5.74, 6) is 0. The third-order valence-electron chi connectivity index (χ3n) is 4.50. The zero-order valence-corrected chi connectivity index (χ0v) is 14.7. The Morgan fingerprint density at radius 2 is 1.32 bits per heavy atom. The van der Waals surface area contributed by atoms with E-state index >= 15 is 0 Å². The Labute approximate surface area is 144 Å². The number of halogens is 2. The predicted octanol–water partition coefficient (Wildman–Crippen LogP) is 7.26. The van der Waals surface area contributed by atoms with Crippen LogP contribution in [0.15, 0.2) is 69.6 Å². The second-order valence-corrected chi connectivity index (χ2v) is 7.45. The van der Waals surface area contributed by atoms with Crippen LogP contribution in [0.25, 0.3) is 43.1 Å². The number of benzene rings is 5. The van der Waals surface area contributed by atoms with E-state index in [-0.39, 0.29) is 0 Å². The molecule has 0 N–H and O–H groups in total. The summed E-state index contributed by atoms with van der Waals surface area (Å²) in [6.45, 7) is 0. The van der Waals surface area contributed by atoms with Gasteiger partial charge in [0, 0.05) is 14.3 Å². The zero-order chi connectivity index (χ0) is 14.8. The van der Waals surface area contributed by atoms with Crippen molar-refractivity contribution in [3.8, 4) is 0 Å². The van der Waals surface area contributed by atoms with Gasteiger partial charge in [0.1, 0.15) is 0 Å². The van der Waals surface area contributed by atoms with E-state index in [9.17, 15) is 0 Å². The van der Waals surface area contributed by atoms with Crippen molar-refractivity contribution in [2.75, 3.05) is 0 Å². The van der Waals surface area contributed by atoms with Gasteiger partial charge in [0.05, 0.1) is 0 Å². The highest BCUT2D eigenvalue weighted by Crippen LogP contribution is 2.43. The standard InChI is InChI=1S/C20H10Br2/c21-13-9-12-4-2-6-15-18(12)16(10-13)14-5-1-3-11-7-8-17(22)20(15)19(11)14/h1-10H. The van der Waals surface area contributed by atoms with E-state index in [1.807, 2.05) is 0 Å². The van der Waals surface area contributed by atoms with Crippen LogP contribution in [0.3, 0.4) is 0 Å². The van der Waals surface area contributed by atoms with Gasteiger partial charge >= 0.3 is 0 Å². The fourth-order valence-corrected chi connectivity index (χ4v) is 4.67. The molecule has 0 saturated carbocycles. The lowest BCUT2D eigenvalue weighted by Crippen LogP contribution is -1.87. The third-order valence-corrected chi connectivity index (χ3v) is 5.61. The lowest BCUT2D eigenvalue weighted by atomic mass is 9.90. The second kappa shape index (κ2) is 4.43. The molecular weight excluding hydrogens is 400 g/mol. The molecule has 5 rings (SSSR count). The summed E-state index contributed by atoms with van der Waals surface area (Å²) in [4.78, 5) is 0. The molecule has 5 aromatic carbocycles. The summed E-state index contributed by atoms with van der Waals surface area (Å²) in [6.07, 6.45) is 0. The van der Waals surface area contributed by atoms with Crippen molar-refractivity contribution in [1.82, 2.24) is 0 Å². The van der Waals surface area contributed by atoms with Crippen molar-refractivity contribution in [3.05, 3.63) is 69.6 Å². The summed E-state index contributed by atoms with van der Waals surface area (Å²) in [5, 5.41) is 10.5. The van der Waals surface area contributed by atoms with Crippen LogP contribution in [-0.4, -0.2) is 0 Å². The number of fused-ring (bicyclic) bond motifs is 2. The lowest BCUT2D eigenvalue weighted by molar-refractivity contribution is 1.74. The Kier molecular flexibility index (Phi) is 2.59. The fraction of sp³-hybridized carbons (Fsp3) is 0. The van der Waals surface area contributed by atoms with Crippen molar-refractivity contribution in [3.63, 3.8) is 0 Å². The van der Waals surface area contributed by atoms with Crippen molar-refractivity contribution in [2.45, 2.75) is 0 Å². The summed E-state index contributed by atoms with van der Waals surface area (Å²) < 4.78 is 2.29. The zero-order valence-electron chi connectivity index (χ0n) is 11.5. The molecule has 104 valence electrons. The highest BCUT2D eigenvalue weighted by molar-refractivity contribution is 9.11. The van der Waals surface area contributed by atoms with Gasteiger partial charge in [0.25, 0.3) is 0 Å². The molecule has 0 amide bonds. The van der Waals surface area contributed by atoms with Gasteiger partial charge in [-0.3, -0.25) is 0 Å². The fourth-order valence-electron chi connectivity index (χ4n) is 3.65. The second-order valence-electron chi connectivity index (χ2n) is 5.68. The first-order valence-electron chi connectivity index (χ1n) is 7.18. The number of hydrogen-bond donors (Lipinski definition) is 0. The molecule has 0 aliphatic heterocycles. The average molecular weight is 410 g/mol. The maximum atomic E-state index is 3.77. The SMILES string of the molecule is Brc1cc2cccc3c4c(Br)ccc5cccc(c(c1)c23)c54. The van der Waals surface area contributed by atoms with Gasteiger partial charge in [-0.1, -0.05) is 74.3 Å². The highest BCUT2D eigenvalue weighted by atomic mass is 79.9. The first kappa shape index (κ1) is 12.9. The van der Waals surface area contributed by atoms with Crippen LogP contribution in [-0.2, 0) is 0 Å². The molecule has 0 heterocycles. The van der Waals surface area contributed by atoms with E-state index in [4.69, 9.17) is 0 Å². The van der Waals surface area contributed by atoms with E-state index in [0.717, 1.165) is 8.95 Å². The quantitative estimate of drug-likeness (QED) is 0.186. The average Bonchev–Trinajstić information content (AvgIpc) is 2.52. The molecule has 5 aromatic rings. The molecule has 0 nitrogen and oxygen atoms in total. The molecule has 0 radical (unpaired) electrons. The molecule has 22 heavy (non-hydrogen) atoms. The molecule has 0 atom stereocenters. The first-order valence-corrected chi connectivity index (χ1v) is 8.77. The Morgan fingerprint density at radius 1 is 0.545 bits per heavy atom. The summed E-state index contributed by atoms with van der Waals surface area (Å²) >= 11 is 7.43. The van der Waals surface area contributed by atoms with Crippen molar-refractivity contribution in [1.29, 1.82) is 0 Å². The van der Waals surface area contributed by atoms with E-state index in [2.05, 4.69) is 92.5 Å². The molecule has 0 aromatic heterocycles. The predicted molar refractivity (Wildman–Crippen MR) is 103 cm³/mol. The Bertz CT molecular complexity index is 1180. The van der Waals surface area contributed by atoms with Crippen molar-refractivity contribution < 1.29 is 0 Å². The van der Waals surface area contributed by atoms with Gasteiger partial charge in [0.15, 0.2) is 0 Å². The topological polar surface area (TPSA) is 0 Å². The Hall–Kier alpha value is -1.64. The molecular formula is C20H10Br2. The number of hydrogen-bond acceptors (Lipinski definition) is 0. The summed E-state index contributed by atoms with van der Waals surface area (Å²) in [7, 11) is 0. The van der Waals surface area contributed by atoms with E-state index in [1.54, 1.807) is 0 Å². The molecule has 0 aliphatic carbocycles. The van der Waals surface area contributed by atoms with Crippen LogP contribution < -0.4 is 0 Å². The maximum Gasteiger partial charge on any atom is 0.0260 e. The minimum atomic E-state index is 1.13. The van der Waals surface area contributed by atoms with Gasteiger partial charge in [-0.25, -0.2) is 0 Å². The first-order chi connectivity index (χ1) is 10.7. The Balaban J connectivity index is 2.30. The summed E-state index contributed by atoms with van der Waals surface area (Å²) in [6, 6.07) is 21.9. The maximum absolute atomic E-state index is 3.77. The van der Waals surface area contributed by atoms with Crippen LogP contribution in [0.1, 0.15) is 0 Å². The molecule has 0 bridgehead atoms. The van der Waals surface area contributed by atoms with Crippen LogP contribution >= 0.6 is 31.9 Å². The van der Waals surface area contributed by atoms with Crippen molar-refractivity contribution >= 4 is 74.9 Å². The van der Waals surface area contributed by atoms with E-state index in [1.165, 1.54) is 43.1 Å². The lowest BCUT2D eigenvalue weighted by Gasteiger charge is -2.15. The largest absolute Gasteiger partial charge is 0.0610 e. The van der Waals surface area contributed by atoms with Crippen LogP contribution in [0.2, 0.25) is 0 Å². The smallest absolute Gasteiger partial charge is 0.0260 e. The monoisotopic (exact) mass is 408 g/mol. The van der Waals surface area contributed by atoms with Gasteiger partial charge < -0.3 is 0 Å². The van der Waals surface area contributed by atoms with Crippen LogP contribution in [0.4, 0.5) is 0 Å². The minimum absolute atomic E-state index is 1.13. The van der Waals surface area contributed by atoms with Crippen LogP contribution in [0.5, 0.6) is 0 Å². The van der Waals surface area contributed by atoms with Gasteiger partial charge in [-0.15, -0.1) is 0 Å². The van der Waals surface area contributed by atoms with Crippen LogP contribution in [0, 0.1) is 0 Å². The van der Waals surface area contributed by atoms with Gasteiger partial charge in [-0.2, -0.15) is 0 Å². The third kappa shape index (κ3) is 1.57.